The first-order chi connectivity index (χ1) is 10.8. The molecule has 8 heteroatoms. The number of guanidine groups is 1. The van der Waals surface area contributed by atoms with Gasteiger partial charge in [0.25, 0.3) is 0 Å². The molecule has 0 aliphatic carbocycles. The number of nitrogens with zero attached hydrogens (tertiary/aromatic N) is 1. The Morgan fingerprint density at radius 1 is 1.17 bits per heavy atom. The summed E-state index contributed by atoms with van der Waals surface area (Å²) in [6.45, 7) is 12.3. The minimum absolute atomic E-state index is 0.0184. The van der Waals surface area contributed by atoms with Gasteiger partial charge in [-0.15, -0.1) is 11.8 Å². The zero-order valence-electron chi connectivity index (χ0n) is 15.1. The molecule has 0 fully saturated rings. The normalized spacial score (nSPS) is 22.9. The molecule has 1 aliphatic heterocycles. The zero-order chi connectivity index (χ0) is 18.3. The number of nitrogens with one attached hydrogen (secondary N) is 2. The molecular formula is C16H27N5OS2. The fraction of sp³-hybridized carbons (Fsp3) is 0.562. The highest BCUT2D eigenvalue weighted by molar-refractivity contribution is 8.00. The van der Waals surface area contributed by atoms with Crippen molar-refractivity contribution in [2.24, 2.45) is 16.5 Å². The third-order valence-corrected chi connectivity index (χ3v) is 6.05. The van der Waals surface area contributed by atoms with Gasteiger partial charge in [0.2, 0.25) is 11.7 Å². The maximum atomic E-state index is 12.9. The largest absolute Gasteiger partial charge is 0.611 e. The van der Waals surface area contributed by atoms with Crippen LogP contribution in [-0.4, -0.2) is 20.0 Å². The fourth-order valence-corrected chi connectivity index (χ4v) is 4.54. The molecule has 24 heavy (non-hydrogen) atoms. The van der Waals surface area contributed by atoms with Crippen molar-refractivity contribution < 1.29 is 4.55 Å². The molecule has 1 aliphatic rings. The first-order valence-electron chi connectivity index (χ1n) is 7.74. The zero-order valence-corrected chi connectivity index (χ0v) is 16.7. The second kappa shape index (κ2) is 6.42. The van der Waals surface area contributed by atoms with Gasteiger partial charge in [0.15, 0.2) is 4.90 Å². The Morgan fingerprint density at radius 3 is 2.25 bits per heavy atom. The lowest BCUT2D eigenvalue weighted by Gasteiger charge is -2.27. The summed E-state index contributed by atoms with van der Waals surface area (Å²) in [4.78, 5) is 5.97. The Hall–Kier alpha value is -0.930. The fourth-order valence-electron chi connectivity index (χ4n) is 2.21. The molecule has 0 amide bonds. The van der Waals surface area contributed by atoms with Crippen LogP contribution >= 0.6 is 11.8 Å². The minimum atomic E-state index is -1.17. The highest BCUT2D eigenvalue weighted by Crippen LogP contribution is 2.37. The van der Waals surface area contributed by atoms with Crippen LogP contribution in [0.2, 0.25) is 0 Å². The van der Waals surface area contributed by atoms with E-state index in [1.807, 2.05) is 39.0 Å². The van der Waals surface area contributed by atoms with E-state index in [1.165, 1.54) is 0 Å². The average Bonchev–Trinajstić information content (AvgIpc) is 2.75. The number of aliphatic imine (C=N–C) groups is 1. The molecule has 1 heterocycles. The summed E-state index contributed by atoms with van der Waals surface area (Å²) in [5, 5.41) is 0. The van der Waals surface area contributed by atoms with Crippen LogP contribution in [0.1, 0.15) is 47.1 Å². The lowest BCUT2D eigenvalue weighted by Crippen LogP contribution is -2.50. The van der Waals surface area contributed by atoms with Crippen molar-refractivity contribution >= 4 is 28.9 Å². The van der Waals surface area contributed by atoms with Crippen LogP contribution in [0.4, 0.5) is 0 Å². The van der Waals surface area contributed by atoms with Crippen LogP contribution in [0.25, 0.3) is 0 Å². The van der Waals surface area contributed by atoms with Crippen molar-refractivity contribution in [2.75, 3.05) is 0 Å². The molecule has 1 aromatic rings. The van der Waals surface area contributed by atoms with E-state index in [-0.39, 0.29) is 15.5 Å². The predicted octanol–water partition coefficient (Wildman–Crippen LogP) is 1.97. The average molecular weight is 370 g/mol. The molecule has 6 N–H and O–H groups in total. The molecule has 6 nitrogen and oxygen atoms in total. The lowest BCUT2D eigenvalue weighted by molar-refractivity contribution is 0.373. The molecule has 0 saturated carbocycles. The van der Waals surface area contributed by atoms with Crippen molar-refractivity contribution in [3.8, 4) is 0 Å². The third-order valence-electron chi connectivity index (χ3n) is 3.19. The first-order valence-corrected chi connectivity index (χ1v) is 9.71. The minimum Gasteiger partial charge on any atom is -0.611 e. The van der Waals surface area contributed by atoms with Crippen LogP contribution in [0, 0.1) is 0 Å². The number of thioether (sulfide) groups is 1. The molecule has 2 unspecified atom stereocenters. The van der Waals surface area contributed by atoms with Gasteiger partial charge in [-0.3, -0.25) is 11.2 Å². The third kappa shape index (κ3) is 4.58. The molecule has 0 saturated heterocycles. The second-order valence-electron chi connectivity index (χ2n) is 7.80. The van der Waals surface area contributed by atoms with Gasteiger partial charge in [-0.1, -0.05) is 20.8 Å². The van der Waals surface area contributed by atoms with Crippen LogP contribution in [-0.2, 0) is 17.0 Å². The predicted molar refractivity (Wildman–Crippen MR) is 102 cm³/mol. The number of nitrogens with two attached hydrogens (primary N) is 2. The van der Waals surface area contributed by atoms with Crippen molar-refractivity contribution in [1.29, 1.82) is 0 Å². The number of rotatable bonds is 3. The van der Waals surface area contributed by atoms with Gasteiger partial charge in [-0.25, -0.2) is 4.99 Å². The second-order valence-corrected chi connectivity index (χ2v) is 11.9. The number of hydrogen-bond donors (Lipinski definition) is 4. The standard InChI is InChI=1S/C16H27N5OS2/c1-14(2,3)23-11-7-10(16(18)19-13(17)20-21-16)8-12(9-11)24(22)15(4,5)6/h7-9,21H,18H2,1-6H3,(H3,17,19,20). The summed E-state index contributed by atoms with van der Waals surface area (Å²) >= 11 is 0.524. The van der Waals surface area contributed by atoms with E-state index in [2.05, 4.69) is 36.6 Å². The lowest BCUT2D eigenvalue weighted by atomic mass is 10.1. The molecule has 0 aromatic heterocycles. The Bertz CT molecular complexity index is 651. The summed E-state index contributed by atoms with van der Waals surface area (Å²) in [5.41, 5.74) is 18.3. The molecule has 134 valence electrons. The summed E-state index contributed by atoms with van der Waals surface area (Å²) in [6, 6.07) is 5.78. The van der Waals surface area contributed by atoms with E-state index in [4.69, 9.17) is 11.5 Å². The maximum absolute atomic E-state index is 12.9. The summed E-state index contributed by atoms with van der Waals surface area (Å²) in [6.07, 6.45) is 0. The molecule has 2 rings (SSSR count). The molecular weight excluding hydrogens is 342 g/mol. The Morgan fingerprint density at radius 2 is 1.79 bits per heavy atom. The number of hydrogen-bond acceptors (Lipinski definition) is 7. The van der Waals surface area contributed by atoms with Crippen molar-refractivity contribution in [3.05, 3.63) is 23.8 Å². The van der Waals surface area contributed by atoms with Gasteiger partial charge in [-0.05, 0) is 38.0 Å². The van der Waals surface area contributed by atoms with E-state index in [9.17, 15) is 4.55 Å². The molecule has 0 spiro atoms. The van der Waals surface area contributed by atoms with Gasteiger partial charge >= 0.3 is 0 Å². The van der Waals surface area contributed by atoms with Gasteiger partial charge in [0.05, 0.1) is 0 Å². The maximum Gasteiger partial charge on any atom is 0.209 e. The smallest absolute Gasteiger partial charge is 0.209 e. The van der Waals surface area contributed by atoms with E-state index in [1.54, 1.807) is 11.8 Å². The van der Waals surface area contributed by atoms with E-state index >= 15 is 0 Å². The van der Waals surface area contributed by atoms with Crippen LogP contribution < -0.4 is 22.3 Å². The van der Waals surface area contributed by atoms with Crippen molar-refractivity contribution in [2.45, 2.75) is 66.6 Å². The van der Waals surface area contributed by atoms with E-state index in [0.29, 0.717) is 0 Å². The van der Waals surface area contributed by atoms with Crippen LogP contribution in [0.15, 0.2) is 33.0 Å². The van der Waals surface area contributed by atoms with Gasteiger partial charge in [0, 0.05) is 27.3 Å². The summed E-state index contributed by atoms with van der Waals surface area (Å²) in [7, 11) is 0. The molecule has 2 atom stereocenters. The highest BCUT2D eigenvalue weighted by Gasteiger charge is 2.35. The Balaban J connectivity index is 2.53. The molecule has 0 bridgehead atoms. The van der Waals surface area contributed by atoms with E-state index in [0.717, 1.165) is 15.4 Å². The summed E-state index contributed by atoms with van der Waals surface area (Å²) < 4.78 is 12.5. The molecule has 1 aromatic carbocycles. The van der Waals surface area contributed by atoms with Gasteiger partial charge < -0.3 is 10.3 Å². The van der Waals surface area contributed by atoms with Crippen LogP contribution in [0.5, 0.6) is 0 Å². The number of benzene rings is 1. The monoisotopic (exact) mass is 369 g/mol. The summed E-state index contributed by atoms with van der Waals surface area (Å²) in [5.74, 6) is -0.945. The molecule has 0 radical (unpaired) electrons. The Labute approximate surface area is 151 Å². The first kappa shape index (κ1) is 19.4. The Kier molecular flexibility index (Phi) is 5.19. The van der Waals surface area contributed by atoms with Crippen molar-refractivity contribution in [3.63, 3.8) is 0 Å². The SMILES string of the molecule is CC(C)(C)Sc1cc([S+]([O-])C(C)(C)C)cc(C2(N)N=C(N)NN2)c1. The number of hydrazine groups is 1. The van der Waals surface area contributed by atoms with Crippen molar-refractivity contribution in [1.82, 2.24) is 10.9 Å². The highest BCUT2D eigenvalue weighted by atomic mass is 32.2. The quantitative estimate of drug-likeness (QED) is 0.479. The topological polar surface area (TPSA) is 112 Å². The van der Waals surface area contributed by atoms with E-state index < -0.39 is 17.0 Å². The van der Waals surface area contributed by atoms with Crippen LogP contribution in [0.3, 0.4) is 0 Å². The van der Waals surface area contributed by atoms with Gasteiger partial charge in [-0.2, -0.15) is 5.43 Å². The van der Waals surface area contributed by atoms with Gasteiger partial charge in [0.1, 0.15) is 4.75 Å².